The molecule has 1 heterocycles. The number of hydrogen-bond acceptors (Lipinski definition) is 1. The quantitative estimate of drug-likeness (QED) is 0.187. The molecule has 0 amide bonds. The highest BCUT2D eigenvalue weighted by Gasteiger charge is 2.37. The van der Waals surface area contributed by atoms with Gasteiger partial charge >= 0.3 is 0 Å². The minimum absolute atomic E-state index is 0.0569. The summed E-state index contributed by atoms with van der Waals surface area (Å²) < 4.78 is 2.71. The monoisotopic (exact) mass is 526 g/mol. The van der Waals surface area contributed by atoms with Crippen molar-refractivity contribution in [2.75, 3.05) is 0 Å². The Balaban J connectivity index is 1.38. The normalized spacial score (nSPS) is 13.9. The molecule has 8 aromatic rings. The first-order valence-corrected chi connectivity index (χ1v) is 14.8. The molecule has 1 aliphatic carbocycles. The first-order valence-electron chi connectivity index (χ1n) is 14.0. The molecule has 1 heteroatoms. The summed E-state index contributed by atoms with van der Waals surface area (Å²) in [5, 5.41) is 10.8. The molecule has 0 atom stereocenters. The smallest absolute Gasteiger partial charge is 0.0433 e. The van der Waals surface area contributed by atoms with Crippen LogP contribution in [0.3, 0.4) is 0 Å². The number of rotatable bonds is 1. The van der Waals surface area contributed by atoms with Crippen molar-refractivity contribution in [3.8, 4) is 22.3 Å². The average Bonchev–Trinajstić information content (AvgIpc) is 3.49. The van der Waals surface area contributed by atoms with Crippen LogP contribution in [-0.2, 0) is 5.41 Å². The Morgan fingerprint density at radius 1 is 0.475 bits per heavy atom. The van der Waals surface area contributed by atoms with Crippen LogP contribution in [0.2, 0.25) is 0 Å². The minimum Gasteiger partial charge on any atom is -0.135 e. The van der Waals surface area contributed by atoms with Gasteiger partial charge in [0.2, 0.25) is 0 Å². The maximum atomic E-state index is 2.43. The van der Waals surface area contributed by atoms with Crippen molar-refractivity contribution in [1.29, 1.82) is 0 Å². The minimum atomic E-state index is -0.0569. The SMILES string of the molecule is CC1(C)c2ccccc2-c2ccc3c4ccc(-c5cccc6c5sc5ccccc56)cc4c4ccccc4c3c21. The maximum absolute atomic E-state index is 2.43. The topological polar surface area (TPSA) is 0 Å². The van der Waals surface area contributed by atoms with Gasteiger partial charge in [-0.1, -0.05) is 123 Å². The molecule has 0 aliphatic heterocycles. The second-order valence-corrected chi connectivity index (χ2v) is 12.7. The summed E-state index contributed by atoms with van der Waals surface area (Å²) in [5.41, 5.74) is 8.18. The molecule has 188 valence electrons. The largest absolute Gasteiger partial charge is 0.135 e. The lowest BCUT2D eigenvalue weighted by molar-refractivity contribution is 0.666. The van der Waals surface area contributed by atoms with Crippen molar-refractivity contribution >= 4 is 63.8 Å². The van der Waals surface area contributed by atoms with Crippen LogP contribution in [-0.4, -0.2) is 0 Å². The number of fused-ring (bicyclic) bond motifs is 13. The molecule has 7 aromatic carbocycles. The maximum Gasteiger partial charge on any atom is 0.0433 e. The van der Waals surface area contributed by atoms with Crippen molar-refractivity contribution in [3.05, 3.63) is 132 Å². The number of hydrogen-bond donors (Lipinski definition) is 0. The van der Waals surface area contributed by atoms with Gasteiger partial charge in [-0.05, 0) is 77.8 Å². The third-order valence-electron chi connectivity index (χ3n) is 9.23. The molecule has 0 unspecified atom stereocenters. The van der Waals surface area contributed by atoms with Crippen LogP contribution in [0.1, 0.15) is 25.0 Å². The summed E-state index contributed by atoms with van der Waals surface area (Å²) >= 11 is 1.90. The van der Waals surface area contributed by atoms with E-state index >= 15 is 0 Å². The van der Waals surface area contributed by atoms with Crippen LogP contribution in [0.15, 0.2) is 121 Å². The summed E-state index contributed by atoms with van der Waals surface area (Å²) in [6.45, 7) is 4.79. The van der Waals surface area contributed by atoms with Gasteiger partial charge in [-0.15, -0.1) is 11.3 Å². The first kappa shape index (κ1) is 22.4. The summed E-state index contributed by atoms with van der Waals surface area (Å²) in [6, 6.07) is 45.4. The molecule has 0 nitrogen and oxygen atoms in total. The molecule has 0 spiro atoms. The van der Waals surface area contributed by atoms with Crippen molar-refractivity contribution in [1.82, 2.24) is 0 Å². The van der Waals surface area contributed by atoms with E-state index in [2.05, 4.69) is 135 Å². The Morgan fingerprint density at radius 3 is 2.02 bits per heavy atom. The lowest BCUT2D eigenvalue weighted by atomic mass is 9.78. The fourth-order valence-corrected chi connectivity index (χ4v) is 8.70. The molecular formula is C39H26S. The molecule has 9 rings (SSSR count). The Kier molecular flexibility index (Phi) is 4.37. The third-order valence-corrected chi connectivity index (χ3v) is 10.5. The average molecular weight is 527 g/mol. The molecule has 0 N–H and O–H groups in total. The predicted molar refractivity (Wildman–Crippen MR) is 175 cm³/mol. The van der Waals surface area contributed by atoms with E-state index in [1.165, 1.54) is 85.9 Å². The van der Waals surface area contributed by atoms with E-state index in [0.29, 0.717) is 0 Å². The van der Waals surface area contributed by atoms with Crippen LogP contribution < -0.4 is 0 Å². The van der Waals surface area contributed by atoms with E-state index in [0.717, 1.165) is 0 Å². The second-order valence-electron chi connectivity index (χ2n) is 11.7. The predicted octanol–water partition coefficient (Wildman–Crippen LogP) is 11.5. The highest BCUT2D eigenvalue weighted by molar-refractivity contribution is 7.26. The Labute approximate surface area is 237 Å². The summed E-state index contributed by atoms with van der Waals surface area (Å²) in [7, 11) is 0. The molecule has 1 aromatic heterocycles. The molecule has 1 aliphatic rings. The standard InChI is InChI=1S/C39H26S/c1-39(2)34-16-7-5-11-27(34)31-21-20-30-26-19-18-23(22-33(26)25-10-3-4-13-29(25)36(30)37(31)39)24-14-9-15-32-28-12-6-8-17-35(28)40-38(24)32/h3-22H,1-2H3. The molecule has 0 radical (unpaired) electrons. The van der Waals surface area contributed by atoms with Crippen molar-refractivity contribution in [3.63, 3.8) is 0 Å². The van der Waals surface area contributed by atoms with Gasteiger partial charge in [-0.25, -0.2) is 0 Å². The summed E-state index contributed by atoms with van der Waals surface area (Å²) in [5.74, 6) is 0. The van der Waals surface area contributed by atoms with Gasteiger partial charge in [0, 0.05) is 25.6 Å². The summed E-state index contributed by atoms with van der Waals surface area (Å²) in [4.78, 5) is 0. The highest BCUT2D eigenvalue weighted by Crippen LogP contribution is 2.53. The van der Waals surface area contributed by atoms with Gasteiger partial charge in [0.25, 0.3) is 0 Å². The Hall–Kier alpha value is -4.46. The fourth-order valence-electron chi connectivity index (χ4n) is 7.46. The van der Waals surface area contributed by atoms with Crippen LogP contribution >= 0.6 is 11.3 Å². The van der Waals surface area contributed by atoms with E-state index in [9.17, 15) is 0 Å². The Bertz CT molecular complexity index is 2330. The van der Waals surface area contributed by atoms with Gasteiger partial charge < -0.3 is 0 Å². The first-order chi connectivity index (χ1) is 19.6. The lowest BCUT2D eigenvalue weighted by Crippen LogP contribution is -2.15. The van der Waals surface area contributed by atoms with Crippen LogP contribution in [0.5, 0.6) is 0 Å². The van der Waals surface area contributed by atoms with E-state index in [1.54, 1.807) is 0 Å². The number of benzene rings is 7. The zero-order chi connectivity index (χ0) is 26.6. The van der Waals surface area contributed by atoms with Crippen LogP contribution in [0.25, 0.3) is 74.7 Å². The zero-order valence-electron chi connectivity index (χ0n) is 22.5. The van der Waals surface area contributed by atoms with Crippen LogP contribution in [0, 0.1) is 0 Å². The molecular weight excluding hydrogens is 500 g/mol. The third kappa shape index (κ3) is 2.80. The van der Waals surface area contributed by atoms with Gasteiger partial charge in [0.1, 0.15) is 0 Å². The van der Waals surface area contributed by atoms with Gasteiger partial charge in [-0.2, -0.15) is 0 Å². The Morgan fingerprint density at radius 2 is 1.12 bits per heavy atom. The number of thiophene rings is 1. The van der Waals surface area contributed by atoms with Gasteiger partial charge in [0.05, 0.1) is 0 Å². The highest BCUT2D eigenvalue weighted by atomic mass is 32.1. The van der Waals surface area contributed by atoms with E-state index in [4.69, 9.17) is 0 Å². The fraction of sp³-hybridized carbons (Fsp3) is 0.0769. The van der Waals surface area contributed by atoms with E-state index < -0.39 is 0 Å². The van der Waals surface area contributed by atoms with Crippen molar-refractivity contribution in [2.45, 2.75) is 19.3 Å². The van der Waals surface area contributed by atoms with E-state index in [1.807, 2.05) is 11.3 Å². The molecule has 0 saturated heterocycles. The molecule has 40 heavy (non-hydrogen) atoms. The zero-order valence-corrected chi connectivity index (χ0v) is 23.3. The molecule has 0 saturated carbocycles. The molecule has 0 bridgehead atoms. The summed E-state index contributed by atoms with van der Waals surface area (Å²) in [6.07, 6.45) is 0. The van der Waals surface area contributed by atoms with Gasteiger partial charge in [0.15, 0.2) is 0 Å². The second kappa shape index (κ2) is 7.81. The van der Waals surface area contributed by atoms with E-state index in [-0.39, 0.29) is 5.41 Å². The van der Waals surface area contributed by atoms with Crippen molar-refractivity contribution in [2.24, 2.45) is 0 Å². The van der Waals surface area contributed by atoms with Crippen LogP contribution in [0.4, 0.5) is 0 Å². The molecule has 0 fully saturated rings. The lowest BCUT2D eigenvalue weighted by Gasteiger charge is -2.24. The van der Waals surface area contributed by atoms with Crippen molar-refractivity contribution < 1.29 is 0 Å². The van der Waals surface area contributed by atoms with Gasteiger partial charge in [-0.3, -0.25) is 0 Å².